The Morgan fingerprint density at radius 2 is 1.90 bits per heavy atom. The highest BCUT2D eigenvalue weighted by atomic mass is 16.5. The van der Waals surface area contributed by atoms with Gasteiger partial charge < -0.3 is 10.1 Å². The number of ether oxygens (including phenoxy) is 1. The van der Waals surface area contributed by atoms with E-state index in [1.807, 2.05) is 30.3 Å². The Morgan fingerprint density at radius 3 is 2.57 bits per heavy atom. The molecule has 0 heterocycles. The fraction of sp³-hybridized carbons (Fsp3) is 0.263. The van der Waals surface area contributed by atoms with Crippen molar-refractivity contribution in [3.8, 4) is 5.75 Å². The van der Waals surface area contributed by atoms with Crippen LogP contribution >= 0.6 is 0 Å². The number of hydrogen-bond donors (Lipinski definition) is 1. The van der Waals surface area contributed by atoms with Gasteiger partial charge >= 0.3 is 0 Å². The van der Waals surface area contributed by atoms with Crippen molar-refractivity contribution in [2.45, 2.75) is 32.9 Å². The Morgan fingerprint density at radius 1 is 1.14 bits per heavy atom. The summed E-state index contributed by atoms with van der Waals surface area (Å²) in [6.07, 6.45) is 2.71. The fourth-order valence-corrected chi connectivity index (χ4v) is 2.19. The second kappa shape index (κ2) is 7.53. The maximum atomic E-state index is 5.96. The van der Waals surface area contributed by atoms with Crippen molar-refractivity contribution in [1.29, 1.82) is 0 Å². The van der Waals surface area contributed by atoms with Crippen LogP contribution in [-0.2, 0) is 13.0 Å². The molecule has 0 saturated carbocycles. The number of benzene rings is 2. The van der Waals surface area contributed by atoms with Crippen molar-refractivity contribution in [3.63, 3.8) is 0 Å². The molecule has 21 heavy (non-hydrogen) atoms. The normalized spacial score (nSPS) is 10.4. The summed E-state index contributed by atoms with van der Waals surface area (Å²) in [5.74, 6) is 0.924. The highest BCUT2D eigenvalue weighted by molar-refractivity contribution is 5.52. The molecule has 0 spiro atoms. The third-order valence-electron chi connectivity index (χ3n) is 3.12. The summed E-state index contributed by atoms with van der Waals surface area (Å²) in [5, 5.41) is 3.41. The van der Waals surface area contributed by atoms with E-state index in [1.54, 1.807) is 0 Å². The van der Waals surface area contributed by atoms with Crippen molar-refractivity contribution in [3.05, 3.63) is 72.3 Å². The highest BCUT2D eigenvalue weighted by Crippen LogP contribution is 2.25. The third kappa shape index (κ3) is 4.67. The molecular weight excluding hydrogens is 258 g/mol. The van der Waals surface area contributed by atoms with E-state index in [0.29, 0.717) is 12.6 Å². The summed E-state index contributed by atoms with van der Waals surface area (Å²) in [4.78, 5) is 0. The molecule has 0 aromatic heterocycles. The largest absolute Gasteiger partial charge is 0.489 e. The Balaban J connectivity index is 2.12. The quantitative estimate of drug-likeness (QED) is 0.735. The lowest BCUT2D eigenvalue weighted by molar-refractivity contribution is 0.303. The van der Waals surface area contributed by atoms with E-state index >= 15 is 0 Å². The zero-order valence-corrected chi connectivity index (χ0v) is 12.8. The predicted octanol–water partition coefficient (Wildman–Crippen LogP) is 4.81. The summed E-state index contributed by atoms with van der Waals surface area (Å²) >= 11 is 0. The second-order valence-corrected chi connectivity index (χ2v) is 5.39. The molecule has 0 amide bonds. The van der Waals surface area contributed by atoms with Crippen molar-refractivity contribution < 1.29 is 4.74 Å². The van der Waals surface area contributed by atoms with Gasteiger partial charge in [-0.15, -0.1) is 6.58 Å². The molecule has 1 N–H and O–H groups in total. The number of allylic oxidation sites excluding steroid dienone is 1. The summed E-state index contributed by atoms with van der Waals surface area (Å²) in [6, 6.07) is 16.9. The molecule has 0 saturated heterocycles. The predicted molar refractivity (Wildman–Crippen MR) is 89.9 cm³/mol. The number of anilines is 1. The van der Waals surface area contributed by atoms with Gasteiger partial charge in [-0.3, -0.25) is 0 Å². The van der Waals surface area contributed by atoms with Crippen molar-refractivity contribution >= 4 is 5.69 Å². The topological polar surface area (TPSA) is 21.3 Å². The van der Waals surface area contributed by atoms with Crippen LogP contribution in [0.25, 0.3) is 0 Å². The first-order chi connectivity index (χ1) is 10.2. The molecule has 2 heteroatoms. The van der Waals surface area contributed by atoms with Crippen LogP contribution in [0.3, 0.4) is 0 Å². The summed E-state index contributed by atoms with van der Waals surface area (Å²) in [6.45, 7) is 8.68. The van der Waals surface area contributed by atoms with Crippen LogP contribution in [0.5, 0.6) is 5.75 Å². The molecule has 0 aliphatic carbocycles. The molecule has 0 aliphatic rings. The molecule has 0 atom stereocenters. The number of nitrogens with one attached hydrogen (secondary N) is 1. The Bertz CT molecular complexity index is 575. The maximum Gasteiger partial charge on any atom is 0.123 e. The Hall–Kier alpha value is -2.22. The average molecular weight is 281 g/mol. The molecule has 2 aromatic rings. The smallest absolute Gasteiger partial charge is 0.123 e. The molecular formula is C19H23NO. The van der Waals surface area contributed by atoms with Crippen LogP contribution in [-0.4, -0.2) is 6.04 Å². The standard InChI is InChI=1S/C19H23NO/c1-4-8-17-13-18(20-15(2)3)11-12-19(17)21-14-16-9-6-5-7-10-16/h4-7,9-13,15,20H,1,8,14H2,2-3H3. The second-order valence-electron chi connectivity index (χ2n) is 5.39. The number of hydrogen-bond acceptors (Lipinski definition) is 2. The SMILES string of the molecule is C=CCc1cc(NC(C)C)ccc1OCc1ccccc1. The third-order valence-corrected chi connectivity index (χ3v) is 3.12. The molecule has 2 nitrogen and oxygen atoms in total. The van der Waals surface area contributed by atoms with E-state index in [1.165, 1.54) is 5.56 Å². The monoisotopic (exact) mass is 281 g/mol. The van der Waals surface area contributed by atoms with Crippen molar-refractivity contribution in [2.24, 2.45) is 0 Å². The first kappa shape index (κ1) is 15.2. The Kier molecular flexibility index (Phi) is 5.44. The van der Waals surface area contributed by atoms with Gasteiger partial charge in [0.1, 0.15) is 12.4 Å². The van der Waals surface area contributed by atoms with E-state index in [-0.39, 0.29) is 0 Å². The minimum Gasteiger partial charge on any atom is -0.489 e. The van der Waals surface area contributed by atoms with Gasteiger partial charge in [-0.2, -0.15) is 0 Å². The zero-order valence-electron chi connectivity index (χ0n) is 12.8. The minimum atomic E-state index is 0.415. The summed E-state index contributed by atoms with van der Waals surface area (Å²) < 4.78 is 5.96. The van der Waals surface area contributed by atoms with E-state index in [9.17, 15) is 0 Å². The molecule has 0 unspecified atom stereocenters. The van der Waals surface area contributed by atoms with Crippen LogP contribution in [0.4, 0.5) is 5.69 Å². The van der Waals surface area contributed by atoms with Crippen LogP contribution in [0.1, 0.15) is 25.0 Å². The summed E-state index contributed by atoms with van der Waals surface area (Å²) in [7, 11) is 0. The fourth-order valence-electron chi connectivity index (χ4n) is 2.19. The molecule has 0 fully saturated rings. The van der Waals surface area contributed by atoms with Crippen molar-refractivity contribution in [1.82, 2.24) is 0 Å². The van der Waals surface area contributed by atoms with E-state index < -0.39 is 0 Å². The number of rotatable bonds is 7. The van der Waals surface area contributed by atoms with Gasteiger partial charge in [0.2, 0.25) is 0 Å². The van der Waals surface area contributed by atoms with Gasteiger partial charge in [0, 0.05) is 11.7 Å². The van der Waals surface area contributed by atoms with E-state index in [0.717, 1.165) is 23.4 Å². The molecule has 0 aliphatic heterocycles. The van der Waals surface area contributed by atoms with E-state index in [2.05, 4.69) is 50.0 Å². The minimum absolute atomic E-state index is 0.415. The lowest BCUT2D eigenvalue weighted by atomic mass is 10.1. The highest BCUT2D eigenvalue weighted by Gasteiger charge is 2.05. The molecule has 0 radical (unpaired) electrons. The lowest BCUT2D eigenvalue weighted by Gasteiger charge is -2.15. The van der Waals surface area contributed by atoms with Gasteiger partial charge in [0.25, 0.3) is 0 Å². The van der Waals surface area contributed by atoms with Gasteiger partial charge in [-0.1, -0.05) is 36.4 Å². The maximum absolute atomic E-state index is 5.96. The van der Waals surface area contributed by atoms with Gasteiger partial charge in [-0.25, -0.2) is 0 Å². The summed E-state index contributed by atoms with van der Waals surface area (Å²) in [5.41, 5.74) is 3.45. The van der Waals surface area contributed by atoms with Crippen LogP contribution in [0.15, 0.2) is 61.2 Å². The van der Waals surface area contributed by atoms with Gasteiger partial charge in [0.05, 0.1) is 0 Å². The first-order valence-electron chi connectivity index (χ1n) is 7.36. The Labute approximate surface area is 127 Å². The molecule has 110 valence electrons. The van der Waals surface area contributed by atoms with Gasteiger partial charge in [0.15, 0.2) is 0 Å². The molecule has 2 rings (SSSR count). The lowest BCUT2D eigenvalue weighted by Crippen LogP contribution is -2.10. The van der Waals surface area contributed by atoms with Crippen LogP contribution in [0, 0.1) is 0 Å². The van der Waals surface area contributed by atoms with Crippen molar-refractivity contribution in [2.75, 3.05) is 5.32 Å². The van der Waals surface area contributed by atoms with Crippen LogP contribution in [0.2, 0.25) is 0 Å². The first-order valence-corrected chi connectivity index (χ1v) is 7.36. The zero-order chi connectivity index (χ0) is 15.1. The molecule has 2 aromatic carbocycles. The average Bonchev–Trinajstić information content (AvgIpc) is 2.47. The van der Waals surface area contributed by atoms with E-state index in [4.69, 9.17) is 4.74 Å². The van der Waals surface area contributed by atoms with Gasteiger partial charge in [-0.05, 0) is 49.6 Å². The van der Waals surface area contributed by atoms with Crippen LogP contribution < -0.4 is 10.1 Å². The molecule has 0 bridgehead atoms.